The van der Waals surface area contributed by atoms with Crippen LogP contribution in [0, 0.1) is 0 Å². The van der Waals surface area contributed by atoms with Crippen molar-refractivity contribution in [2.75, 3.05) is 12.8 Å². The van der Waals surface area contributed by atoms with Crippen LogP contribution in [0.1, 0.15) is 18.4 Å². The first-order valence-electron chi connectivity index (χ1n) is 4.12. The van der Waals surface area contributed by atoms with Crippen molar-refractivity contribution in [3.05, 3.63) is 29.8 Å². The van der Waals surface area contributed by atoms with E-state index < -0.39 is 0 Å². The molecule has 0 spiro atoms. The van der Waals surface area contributed by atoms with Gasteiger partial charge in [0.05, 0.1) is 0 Å². The second kappa shape index (κ2) is 4.53. The zero-order valence-electron chi connectivity index (χ0n) is 7.58. The van der Waals surface area contributed by atoms with Gasteiger partial charge >= 0.3 is 0 Å². The Labute approximate surface area is 78.4 Å². The molecule has 0 saturated heterocycles. The molecule has 0 aromatic heterocycles. The number of hydrogen-bond donors (Lipinski definition) is 1. The average Bonchev–Trinajstić information content (AvgIpc) is 2.17. The number of benzene rings is 1. The Hall–Kier alpha value is -0.470. The van der Waals surface area contributed by atoms with Crippen molar-refractivity contribution in [2.45, 2.75) is 17.7 Å². The van der Waals surface area contributed by atoms with Crippen LogP contribution in [-0.4, -0.2) is 12.8 Å². The first-order valence-corrected chi connectivity index (χ1v) is 5.34. The van der Waals surface area contributed by atoms with E-state index in [1.54, 1.807) is 11.8 Å². The summed E-state index contributed by atoms with van der Waals surface area (Å²) in [6.07, 6.45) is 2.09. The van der Waals surface area contributed by atoms with E-state index in [0.717, 1.165) is 6.54 Å². The highest BCUT2D eigenvalue weighted by Gasteiger charge is 2.02. The summed E-state index contributed by atoms with van der Waals surface area (Å²) in [7, 11) is 0. The van der Waals surface area contributed by atoms with Crippen LogP contribution in [0.4, 0.5) is 0 Å². The zero-order valence-corrected chi connectivity index (χ0v) is 8.40. The molecule has 12 heavy (non-hydrogen) atoms. The van der Waals surface area contributed by atoms with Crippen molar-refractivity contribution >= 4 is 11.8 Å². The lowest BCUT2D eigenvalue weighted by atomic mass is 10.0. The van der Waals surface area contributed by atoms with E-state index in [2.05, 4.69) is 37.4 Å². The lowest BCUT2D eigenvalue weighted by Gasteiger charge is -2.09. The van der Waals surface area contributed by atoms with E-state index in [1.807, 2.05) is 0 Å². The van der Waals surface area contributed by atoms with Crippen LogP contribution in [0.25, 0.3) is 0 Å². The minimum Gasteiger partial charge on any atom is -0.330 e. The summed E-state index contributed by atoms with van der Waals surface area (Å²) >= 11 is 1.77. The Bertz CT molecular complexity index is 247. The topological polar surface area (TPSA) is 26.0 Å². The molecule has 1 nitrogen and oxygen atoms in total. The van der Waals surface area contributed by atoms with Crippen LogP contribution in [0.2, 0.25) is 0 Å². The Kier molecular flexibility index (Phi) is 3.63. The van der Waals surface area contributed by atoms with Gasteiger partial charge in [-0.1, -0.05) is 19.1 Å². The predicted molar refractivity (Wildman–Crippen MR) is 55.7 cm³/mol. The standard InChI is InChI=1S/C10H15NS/c1-8(7-11)9-4-3-5-10(6-9)12-2/h3-6,8H,7,11H2,1-2H3. The predicted octanol–water partition coefficient (Wildman–Crippen LogP) is 2.47. The van der Waals surface area contributed by atoms with Crippen LogP contribution < -0.4 is 5.73 Å². The number of hydrogen-bond acceptors (Lipinski definition) is 2. The first kappa shape index (κ1) is 9.62. The molecule has 2 N–H and O–H groups in total. The molecule has 0 radical (unpaired) electrons. The molecule has 66 valence electrons. The monoisotopic (exact) mass is 181 g/mol. The molecule has 0 amide bonds. The number of thioether (sulfide) groups is 1. The lowest BCUT2D eigenvalue weighted by Crippen LogP contribution is -2.08. The third-order valence-electron chi connectivity index (χ3n) is 2.02. The summed E-state index contributed by atoms with van der Waals surface area (Å²) < 4.78 is 0. The van der Waals surface area contributed by atoms with Crippen molar-refractivity contribution in [3.63, 3.8) is 0 Å². The van der Waals surface area contributed by atoms with E-state index in [0.29, 0.717) is 5.92 Å². The summed E-state index contributed by atoms with van der Waals surface area (Å²) in [5.74, 6) is 0.470. The molecule has 1 atom stereocenters. The second-order valence-corrected chi connectivity index (χ2v) is 3.79. The smallest absolute Gasteiger partial charge is 0.00719 e. The van der Waals surface area contributed by atoms with Crippen molar-refractivity contribution < 1.29 is 0 Å². The maximum absolute atomic E-state index is 5.59. The highest BCUT2D eigenvalue weighted by atomic mass is 32.2. The van der Waals surface area contributed by atoms with Gasteiger partial charge in [0.25, 0.3) is 0 Å². The van der Waals surface area contributed by atoms with Crippen molar-refractivity contribution in [1.29, 1.82) is 0 Å². The van der Waals surface area contributed by atoms with Gasteiger partial charge in [-0.05, 0) is 36.4 Å². The van der Waals surface area contributed by atoms with Crippen LogP contribution in [-0.2, 0) is 0 Å². The van der Waals surface area contributed by atoms with Crippen molar-refractivity contribution in [1.82, 2.24) is 0 Å². The molecule has 1 unspecified atom stereocenters. The van der Waals surface area contributed by atoms with Crippen LogP contribution in [0.3, 0.4) is 0 Å². The molecule has 0 fully saturated rings. The SMILES string of the molecule is CSc1cccc(C(C)CN)c1. The molecular formula is C10H15NS. The molecule has 1 aromatic carbocycles. The van der Waals surface area contributed by atoms with Gasteiger partial charge in [-0.25, -0.2) is 0 Å². The molecule has 0 aliphatic heterocycles. The molecule has 0 aliphatic rings. The molecule has 0 bridgehead atoms. The van der Waals surface area contributed by atoms with Gasteiger partial charge in [0.2, 0.25) is 0 Å². The van der Waals surface area contributed by atoms with Gasteiger partial charge in [-0.2, -0.15) is 0 Å². The molecule has 0 saturated carbocycles. The third kappa shape index (κ3) is 2.26. The minimum absolute atomic E-state index is 0.470. The normalized spacial score (nSPS) is 12.9. The number of nitrogens with two attached hydrogens (primary N) is 1. The average molecular weight is 181 g/mol. The van der Waals surface area contributed by atoms with Crippen LogP contribution in [0.5, 0.6) is 0 Å². The summed E-state index contributed by atoms with van der Waals surface area (Å²) in [5, 5.41) is 0. The van der Waals surface area contributed by atoms with Gasteiger partial charge in [0, 0.05) is 4.90 Å². The largest absolute Gasteiger partial charge is 0.330 e. The Morgan fingerprint density at radius 1 is 1.50 bits per heavy atom. The summed E-state index contributed by atoms with van der Waals surface area (Å²) in [6.45, 7) is 2.87. The van der Waals surface area contributed by atoms with Crippen LogP contribution in [0.15, 0.2) is 29.2 Å². The quantitative estimate of drug-likeness (QED) is 0.725. The molecule has 0 aliphatic carbocycles. The number of rotatable bonds is 3. The molecule has 2 heteroatoms. The van der Waals surface area contributed by atoms with Crippen molar-refractivity contribution in [3.8, 4) is 0 Å². The summed E-state index contributed by atoms with van der Waals surface area (Å²) in [5.41, 5.74) is 6.93. The maximum atomic E-state index is 5.59. The second-order valence-electron chi connectivity index (χ2n) is 2.91. The third-order valence-corrected chi connectivity index (χ3v) is 2.74. The fourth-order valence-corrected chi connectivity index (χ4v) is 1.55. The van der Waals surface area contributed by atoms with Gasteiger partial charge in [-0.15, -0.1) is 11.8 Å². The van der Waals surface area contributed by atoms with Crippen LogP contribution >= 0.6 is 11.8 Å². The fraction of sp³-hybridized carbons (Fsp3) is 0.400. The molecular weight excluding hydrogens is 166 g/mol. The van der Waals surface area contributed by atoms with Crippen molar-refractivity contribution in [2.24, 2.45) is 5.73 Å². The van der Waals surface area contributed by atoms with Gasteiger partial charge in [-0.3, -0.25) is 0 Å². The Morgan fingerprint density at radius 2 is 2.25 bits per heavy atom. The zero-order chi connectivity index (χ0) is 8.97. The lowest BCUT2D eigenvalue weighted by molar-refractivity contribution is 0.771. The maximum Gasteiger partial charge on any atom is 0.00719 e. The van der Waals surface area contributed by atoms with E-state index in [-0.39, 0.29) is 0 Å². The molecule has 1 aromatic rings. The van der Waals surface area contributed by atoms with E-state index in [1.165, 1.54) is 10.5 Å². The first-order chi connectivity index (χ1) is 5.77. The molecule has 1 rings (SSSR count). The highest BCUT2D eigenvalue weighted by molar-refractivity contribution is 7.98. The van der Waals surface area contributed by atoms with Gasteiger partial charge < -0.3 is 5.73 Å². The Morgan fingerprint density at radius 3 is 2.83 bits per heavy atom. The molecule has 0 heterocycles. The fourth-order valence-electron chi connectivity index (χ4n) is 1.08. The van der Waals surface area contributed by atoms with Gasteiger partial charge in [0.1, 0.15) is 0 Å². The van der Waals surface area contributed by atoms with E-state index >= 15 is 0 Å². The van der Waals surface area contributed by atoms with E-state index in [4.69, 9.17) is 5.73 Å². The minimum atomic E-state index is 0.470. The van der Waals surface area contributed by atoms with E-state index in [9.17, 15) is 0 Å². The summed E-state index contributed by atoms with van der Waals surface area (Å²) in [4.78, 5) is 1.31. The highest BCUT2D eigenvalue weighted by Crippen LogP contribution is 2.20. The van der Waals surface area contributed by atoms with Gasteiger partial charge in [0.15, 0.2) is 0 Å². The Balaban J connectivity index is 2.86. The summed E-state index contributed by atoms with van der Waals surface area (Å²) in [6, 6.07) is 8.56.